The van der Waals surface area contributed by atoms with Gasteiger partial charge in [-0.15, -0.1) is 0 Å². The molecule has 0 atom stereocenters. The lowest BCUT2D eigenvalue weighted by molar-refractivity contribution is 0.216. The maximum Gasteiger partial charge on any atom is 0.140 e. The Labute approximate surface area is 122 Å². The van der Waals surface area contributed by atoms with E-state index in [1.165, 1.54) is 12.1 Å². The van der Waals surface area contributed by atoms with E-state index in [1.54, 1.807) is 37.4 Å². The Morgan fingerprint density at radius 2 is 1.67 bits per heavy atom. The van der Waals surface area contributed by atoms with Crippen LogP contribution in [0.5, 0.6) is 17.2 Å². The van der Waals surface area contributed by atoms with Gasteiger partial charge in [0.25, 0.3) is 0 Å². The van der Waals surface area contributed by atoms with Crippen LogP contribution in [0.4, 0.5) is 4.39 Å². The summed E-state index contributed by atoms with van der Waals surface area (Å²) in [5.74, 6) is 1.31. The van der Waals surface area contributed by atoms with Crippen molar-refractivity contribution in [1.29, 1.82) is 5.26 Å². The van der Waals surface area contributed by atoms with Gasteiger partial charge in [0.2, 0.25) is 0 Å². The van der Waals surface area contributed by atoms with E-state index < -0.39 is 0 Å². The molecule has 0 heterocycles. The number of halogens is 1. The van der Waals surface area contributed by atoms with Crippen LogP contribution in [-0.4, -0.2) is 20.3 Å². The van der Waals surface area contributed by atoms with Gasteiger partial charge < -0.3 is 14.2 Å². The minimum absolute atomic E-state index is 0.263. The Morgan fingerprint density at radius 3 is 2.33 bits per heavy atom. The first-order valence-electron chi connectivity index (χ1n) is 6.32. The van der Waals surface area contributed by atoms with Crippen molar-refractivity contribution in [2.45, 2.75) is 0 Å². The Hall–Kier alpha value is -2.74. The number of rotatable bonds is 6. The third-order valence-corrected chi connectivity index (χ3v) is 2.73. The van der Waals surface area contributed by atoms with Gasteiger partial charge in [-0.25, -0.2) is 4.39 Å². The quantitative estimate of drug-likeness (QED) is 0.766. The molecule has 0 aliphatic rings. The highest BCUT2D eigenvalue weighted by Gasteiger charge is 2.05. The summed E-state index contributed by atoms with van der Waals surface area (Å²) in [5.41, 5.74) is 0.428. The van der Waals surface area contributed by atoms with Crippen LogP contribution in [0.15, 0.2) is 42.5 Å². The monoisotopic (exact) mass is 287 g/mol. The van der Waals surface area contributed by atoms with Crippen LogP contribution in [0.2, 0.25) is 0 Å². The first-order valence-corrected chi connectivity index (χ1v) is 6.32. The molecule has 0 amide bonds. The number of nitrogens with zero attached hydrogens (tertiary/aromatic N) is 1. The van der Waals surface area contributed by atoms with Crippen molar-refractivity contribution in [2.24, 2.45) is 0 Å². The van der Waals surface area contributed by atoms with E-state index in [2.05, 4.69) is 0 Å². The molecule has 0 aliphatic heterocycles. The molecule has 0 radical (unpaired) electrons. The second-order valence-electron chi connectivity index (χ2n) is 4.12. The van der Waals surface area contributed by atoms with Crippen LogP contribution in [0.1, 0.15) is 5.56 Å². The Bertz CT molecular complexity index is 635. The van der Waals surface area contributed by atoms with E-state index in [4.69, 9.17) is 19.5 Å². The largest absolute Gasteiger partial charge is 0.497 e. The highest BCUT2D eigenvalue weighted by Crippen LogP contribution is 2.24. The maximum absolute atomic E-state index is 12.7. The van der Waals surface area contributed by atoms with Gasteiger partial charge in [0.1, 0.15) is 42.3 Å². The average molecular weight is 287 g/mol. The van der Waals surface area contributed by atoms with Gasteiger partial charge in [-0.2, -0.15) is 5.26 Å². The standard InChI is InChI=1S/C16H14FNO3/c1-19-15-5-2-12(11-18)16(10-15)21-9-8-20-14-6-3-13(17)4-7-14/h2-7,10H,8-9H2,1H3. The summed E-state index contributed by atoms with van der Waals surface area (Å²) >= 11 is 0. The Kier molecular flexibility index (Phi) is 4.99. The molecule has 5 heteroatoms. The molecule has 4 nitrogen and oxygen atoms in total. The predicted molar refractivity (Wildman–Crippen MR) is 75.1 cm³/mol. The summed E-state index contributed by atoms with van der Waals surface area (Å²) in [6.07, 6.45) is 0. The summed E-state index contributed by atoms with van der Waals surface area (Å²) < 4.78 is 28.7. The summed E-state index contributed by atoms with van der Waals surface area (Å²) in [6.45, 7) is 0.549. The zero-order valence-electron chi connectivity index (χ0n) is 11.5. The lowest BCUT2D eigenvalue weighted by Gasteiger charge is -2.10. The number of methoxy groups -OCH3 is 1. The van der Waals surface area contributed by atoms with Crippen molar-refractivity contribution < 1.29 is 18.6 Å². The average Bonchev–Trinajstić information content (AvgIpc) is 2.53. The van der Waals surface area contributed by atoms with Crippen molar-refractivity contribution in [3.05, 3.63) is 53.8 Å². The van der Waals surface area contributed by atoms with Crippen molar-refractivity contribution in [3.8, 4) is 23.3 Å². The van der Waals surface area contributed by atoms with E-state index >= 15 is 0 Å². The Morgan fingerprint density at radius 1 is 1.00 bits per heavy atom. The number of hydrogen-bond donors (Lipinski definition) is 0. The third-order valence-electron chi connectivity index (χ3n) is 2.73. The van der Waals surface area contributed by atoms with Gasteiger partial charge in [0.05, 0.1) is 12.7 Å². The molecule has 2 aromatic rings. The minimum atomic E-state index is -0.311. The summed E-state index contributed by atoms with van der Waals surface area (Å²) in [5, 5.41) is 9.00. The maximum atomic E-state index is 12.7. The molecule has 2 rings (SSSR count). The number of ether oxygens (including phenoxy) is 3. The van der Waals surface area contributed by atoms with Crippen LogP contribution >= 0.6 is 0 Å². The van der Waals surface area contributed by atoms with Gasteiger partial charge in [-0.3, -0.25) is 0 Å². The zero-order valence-corrected chi connectivity index (χ0v) is 11.5. The number of benzene rings is 2. The fourth-order valence-corrected chi connectivity index (χ4v) is 1.68. The molecule has 0 N–H and O–H groups in total. The molecule has 0 aromatic heterocycles. The van der Waals surface area contributed by atoms with E-state index in [9.17, 15) is 4.39 Å². The van der Waals surface area contributed by atoms with Crippen LogP contribution in [0, 0.1) is 17.1 Å². The SMILES string of the molecule is COc1ccc(C#N)c(OCCOc2ccc(F)cc2)c1. The second kappa shape index (κ2) is 7.15. The van der Waals surface area contributed by atoms with Gasteiger partial charge in [-0.1, -0.05) is 0 Å². The molecule has 2 aromatic carbocycles. The van der Waals surface area contributed by atoms with Gasteiger partial charge in [0, 0.05) is 6.07 Å². The van der Waals surface area contributed by atoms with Crippen LogP contribution < -0.4 is 14.2 Å². The van der Waals surface area contributed by atoms with E-state index in [0.29, 0.717) is 22.8 Å². The van der Waals surface area contributed by atoms with Crippen LogP contribution in [-0.2, 0) is 0 Å². The van der Waals surface area contributed by atoms with Crippen LogP contribution in [0.3, 0.4) is 0 Å². The molecule has 108 valence electrons. The lowest BCUT2D eigenvalue weighted by atomic mass is 10.2. The molecule has 0 aliphatic carbocycles. The lowest BCUT2D eigenvalue weighted by Crippen LogP contribution is -2.09. The molecule has 0 saturated carbocycles. The van der Waals surface area contributed by atoms with Crippen molar-refractivity contribution in [3.63, 3.8) is 0 Å². The summed E-state index contributed by atoms with van der Waals surface area (Å²) in [4.78, 5) is 0. The zero-order chi connectivity index (χ0) is 15.1. The predicted octanol–water partition coefficient (Wildman–Crippen LogP) is 3.16. The summed E-state index contributed by atoms with van der Waals surface area (Å²) in [7, 11) is 1.54. The first kappa shape index (κ1) is 14.7. The molecule has 21 heavy (non-hydrogen) atoms. The smallest absolute Gasteiger partial charge is 0.140 e. The molecule has 0 bridgehead atoms. The fourth-order valence-electron chi connectivity index (χ4n) is 1.68. The first-order chi connectivity index (χ1) is 10.2. The number of nitriles is 1. The second-order valence-corrected chi connectivity index (χ2v) is 4.12. The minimum Gasteiger partial charge on any atom is -0.497 e. The summed E-state index contributed by atoms with van der Waals surface area (Å²) in [6, 6.07) is 12.8. The van der Waals surface area contributed by atoms with E-state index in [-0.39, 0.29) is 19.0 Å². The topological polar surface area (TPSA) is 51.5 Å². The van der Waals surface area contributed by atoms with Crippen molar-refractivity contribution in [1.82, 2.24) is 0 Å². The van der Waals surface area contributed by atoms with Gasteiger partial charge in [-0.05, 0) is 36.4 Å². The van der Waals surface area contributed by atoms with E-state index in [0.717, 1.165) is 0 Å². The molecule has 0 spiro atoms. The molecule has 0 fully saturated rings. The van der Waals surface area contributed by atoms with Gasteiger partial charge in [0.15, 0.2) is 0 Å². The highest BCUT2D eigenvalue weighted by atomic mass is 19.1. The van der Waals surface area contributed by atoms with Crippen molar-refractivity contribution in [2.75, 3.05) is 20.3 Å². The van der Waals surface area contributed by atoms with Crippen LogP contribution in [0.25, 0.3) is 0 Å². The third kappa shape index (κ3) is 4.11. The van der Waals surface area contributed by atoms with Crippen molar-refractivity contribution >= 4 is 0 Å². The molecular formula is C16H14FNO3. The number of hydrogen-bond acceptors (Lipinski definition) is 4. The van der Waals surface area contributed by atoms with Gasteiger partial charge >= 0.3 is 0 Å². The van der Waals surface area contributed by atoms with E-state index in [1.807, 2.05) is 6.07 Å². The normalized spacial score (nSPS) is 9.76. The molecule has 0 saturated heterocycles. The highest BCUT2D eigenvalue weighted by molar-refractivity contribution is 5.47. The molecular weight excluding hydrogens is 273 g/mol. The fraction of sp³-hybridized carbons (Fsp3) is 0.188. The molecule has 0 unspecified atom stereocenters. The Balaban J connectivity index is 1.88.